The Kier molecular flexibility index (Phi) is 4.05. The van der Waals surface area contributed by atoms with Gasteiger partial charge in [0.05, 0.1) is 5.71 Å². The number of hydrogen-bond acceptors (Lipinski definition) is 2. The first-order chi connectivity index (χ1) is 11.8. The molecule has 0 amide bonds. The minimum absolute atomic E-state index is 0.402. The van der Waals surface area contributed by atoms with Gasteiger partial charge in [-0.05, 0) is 16.7 Å². The van der Waals surface area contributed by atoms with Crippen LogP contribution in [0.25, 0.3) is 0 Å². The zero-order valence-electron chi connectivity index (χ0n) is 12.9. The average Bonchev–Trinajstić information content (AvgIpc) is 3.02. The quantitative estimate of drug-likeness (QED) is 0.585. The van der Waals surface area contributed by atoms with Crippen molar-refractivity contribution in [1.29, 1.82) is 0 Å². The number of hydrogen-bond donors (Lipinski definition) is 0. The third kappa shape index (κ3) is 2.50. The molecule has 0 fully saturated rings. The Morgan fingerprint density at radius 2 is 1.12 bits per heavy atom. The van der Waals surface area contributed by atoms with E-state index in [2.05, 4.69) is 60.7 Å². The number of benzene rings is 3. The van der Waals surface area contributed by atoms with E-state index >= 15 is 0 Å². The molecule has 1 heterocycles. The smallest absolute Gasteiger partial charge is 0.161 e. The summed E-state index contributed by atoms with van der Waals surface area (Å²) in [5.41, 5.74) is 4.51. The third-order valence-electron chi connectivity index (χ3n) is 4.18. The Hall–Kier alpha value is -2.23. The van der Waals surface area contributed by atoms with Crippen molar-refractivity contribution in [2.24, 2.45) is 4.99 Å². The molecule has 116 valence electrons. The molecule has 0 spiro atoms. The van der Waals surface area contributed by atoms with E-state index in [-0.39, 0.29) is 0 Å². The molecule has 1 aliphatic rings. The normalized spacial score (nSPS) is 16.0. The molecule has 0 aromatic heterocycles. The summed E-state index contributed by atoms with van der Waals surface area (Å²) in [5, 5.41) is 0. The third-order valence-corrected chi connectivity index (χ3v) is 5.76. The molecular weight excluding hydrogens is 330 g/mol. The SMILES string of the molecule is S=C1N=C(c2ccccc2)C(c2ccccc2)(c2ccccc2)S1. The Labute approximate surface area is 151 Å². The van der Waals surface area contributed by atoms with E-state index in [1.807, 2.05) is 30.3 Å². The first kappa shape index (κ1) is 15.3. The van der Waals surface area contributed by atoms with Crippen LogP contribution in [0.5, 0.6) is 0 Å². The lowest BCUT2D eigenvalue weighted by Gasteiger charge is -2.31. The molecule has 1 nitrogen and oxygen atoms in total. The molecule has 3 heteroatoms. The molecule has 0 N–H and O–H groups in total. The van der Waals surface area contributed by atoms with Crippen LogP contribution in [-0.4, -0.2) is 10.0 Å². The van der Waals surface area contributed by atoms with Crippen molar-refractivity contribution >= 4 is 34.0 Å². The van der Waals surface area contributed by atoms with E-state index in [4.69, 9.17) is 17.2 Å². The zero-order valence-corrected chi connectivity index (χ0v) is 14.6. The van der Waals surface area contributed by atoms with Gasteiger partial charge in [-0.2, -0.15) is 0 Å². The molecule has 24 heavy (non-hydrogen) atoms. The fourth-order valence-electron chi connectivity index (χ4n) is 3.14. The molecular formula is C21H15NS2. The molecule has 0 saturated carbocycles. The van der Waals surface area contributed by atoms with Crippen LogP contribution in [0.3, 0.4) is 0 Å². The molecule has 0 aliphatic carbocycles. The van der Waals surface area contributed by atoms with E-state index in [0.717, 1.165) is 11.3 Å². The van der Waals surface area contributed by atoms with Crippen LogP contribution in [-0.2, 0) is 4.75 Å². The van der Waals surface area contributed by atoms with E-state index in [1.165, 1.54) is 11.1 Å². The summed E-state index contributed by atoms with van der Waals surface area (Å²) in [5.74, 6) is 0. The van der Waals surface area contributed by atoms with Gasteiger partial charge in [-0.15, -0.1) is 0 Å². The van der Waals surface area contributed by atoms with Crippen molar-refractivity contribution in [2.75, 3.05) is 0 Å². The second-order valence-electron chi connectivity index (χ2n) is 5.61. The van der Waals surface area contributed by atoms with Gasteiger partial charge in [-0.1, -0.05) is 115 Å². The van der Waals surface area contributed by atoms with Gasteiger partial charge in [0.25, 0.3) is 0 Å². The highest BCUT2D eigenvalue weighted by Crippen LogP contribution is 2.50. The first-order valence-electron chi connectivity index (χ1n) is 7.79. The lowest BCUT2D eigenvalue weighted by Crippen LogP contribution is -2.32. The van der Waals surface area contributed by atoms with Gasteiger partial charge in [0, 0.05) is 0 Å². The van der Waals surface area contributed by atoms with Crippen molar-refractivity contribution in [3.05, 3.63) is 108 Å². The zero-order chi connectivity index (χ0) is 16.4. The predicted molar refractivity (Wildman–Crippen MR) is 107 cm³/mol. The number of thiocarbonyl (C=S) groups is 1. The number of thioether (sulfide) groups is 1. The van der Waals surface area contributed by atoms with Crippen LogP contribution in [0, 0.1) is 0 Å². The van der Waals surface area contributed by atoms with E-state index in [0.29, 0.717) is 4.32 Å². The molecule has 0 bridgehead atoms. The highest BCUT2D eigenvalue weighted by atomic mass is 32.2. The van der Waals surface area contributed by atoms with Crippen LogP contribution in [0.4, 0.5) is 0 Å². The molecule has 1 aliphatic heterocycles. The summed E-state index contributed by atoms with van der Waals surface area (Å²) >= 11 is 7.17. The van der Waals surface area contributed by atoms with Gasteiger partial charge in [-0.3, -0.25) is 0 Å². The van der Waals surface area contributed by atoms with Crippen LogP contribution >= 0.6 is 24.0 Å². The van der Waals surface area contributed by atoms with Gasteiger partial charge in [0.2, 0.25) is 0 Å². The van der Waals surface area contributed by atoms with E-state index in [9.17, 15) is 0 Å². The van der Waals surface area contributed by atoms with Crippen molar-refractivity contribution in [2.45, 2.75) is 4.75 Å². The van der Waals surface area contributed by atoms with Crippen molar-refractivity contribution in [3.63, 3.8) is 0 Å². The molecule has 0 atom stereocenters. The van der Waals surface area contributed by atoms with Crippen LogP contribution < -0.4 is 0 Å². The minimum Gasteiger partial charge on any atom is -0.232 e. The largest absolute Gasteiger partial charge is 0.232 e. The monoisotopic (exact) mass is 345 g/mol. The van der Waals surface area contributed by atoms with Crippen LogP contribution in [0.1, 0.15) is 16.7 Å². The van der Waals surface area contributed by atoms with Crippen molar-refractivity contribution < 1.29 is 0 Å². The van der Waals surface area contributed by atoms with Crippen LogP contribution in [0.2, 0.25) is 0 Å². The standard InChI is InChI=1S/C21H15NS2/c23-20-22-19(16-10-4-1-5-11-16)21(24-20,17-12-6-2-7-13-17)18-14-8-3-9-15-18/h1-15H. The maximum Gasteiger partial charge on any atom is 0.161 e. The number of aliphatic imine (C=N–C) groups is 1. The van der Waals surface area contributed by atoms with Crippen LogP contribution in [0.15, 0.2) is 96.0 Å². The lowest BCUT2D eigenvalue weighted by molar-refractivity contribution is 1.01. The van der Waals surface area contributed by atoms with Crippen molar-refractivity contribution in [3.8, 4) is 0 Å². The molecule has 0 unspecified atom stereocenters. The first-order valence-corrected chi connectivity index (χ1v) is 9.02. The molecule has 3 aromatic carbocycles. The summed E-state index contributed by atoms with van der Waals surface area (Å²) in [6.07, 6.45) is 0. The second kappa shape index (κ2) is 6.34. The van der Waals surface area contributed by atoms with E-state index < -0.39 is 4.75 Å². The highest BCUT2D eigenvalue weighted by molar-refractivity contribution is 8.24. The Morgan fingerprint density at radius 1 is 0.667 bits per heavy atom. The Balaban J connectivity index is 2.00. The summed E-state index contributed by atoms with van der Waals surface area (Å²) in [4.78, 5) is 4.78. The van der Waals surface area contributed by atoms with Gasteiger partial charge < -0.3 is 0 Å². The number of rotatable bonds is 3. The summed E-state index contributed by atoms with van der Waals surface area (Å²) in [6.45, 7) is 0. The molecule has 4 rings (SSSR count). The second-order valence-corrected chi connectivity index (χ2v) is 7.46. The summed E-state index contributed by atoms with van der Waals surface area (Å²) in [7, 11) is 0. The van der Waals surface area contributed by atoms with Gasteiger partial charge in [-0.25, -0.2) is 4.99 Å². The molecule has 0 radical (unpaired) electrons. The van der Waals surface area contributed by atoms with Gasteiger partial charge >= 0.3 is 0 Å². The summed E-state index contributed by atoms with van der Waals surface area (Å²) in [6, 6.07) is 31.3. The molecule has 0 saturated heterocycles. The Bertz CT molecular complexity index is 847. The number of nitrogens with zero attached hydrogens (tertiary/aromatic N) is 1. The maximum atomic E-state index is 5.52. The predicted octanol–water partition coefficient (Wildman–Crippen LogP) is 5.45. The highest BCUT2D eigenvalue weighted by Gasteiger charge is 2.46. The topological polar surface area (TPSA) is 12.4 Å². The minimum atomic E-state index is -0.402. The van der Waals surface area contributed by atoms with Crippen molar-refractivity contribution in [1.82, 2.24) is 0 Å². The fraction of sp³-hybridized carbons (Fsp3) is 0.0476. The molecule has 3 aromatic rings. The summed E-state index contributed by atoms with van der Waals surface area (Å²) < 4.78 is 0.280. The lowest BCUT2D eigenvalue weighted by atomic mass is 9.83. The Morgan fingerprint density at radius 3 is 1.62 bits per heavy atom. The average molecular weight is 345 g/mol. The maximum absolute atomic E-state index is 5.52. The van der Waals surface area contributed by atoms with Gasteiger partial charge in [0.1, 0.15) is 4.75 Å². The van der Waals surface area contributed by atoms with Gasteiger partial charge in [0.15, 0.2) is 4.32 Å². The fourth-order valence-corrected chi connectivity index (χ4v) is 4.77. The van der Waals surface area contributed by atoms with E-state index in [1.54, 1.807) is 11.8 Å².